The molecule has 1 saturated carbocycles. The van der Waals surface area contributed by atoms with E-state index >= 15 is 0 Å². The lowest BCUT2D eigenvalue weighted by Crippen LogP contribution is -2.27. The number of hydrogen-bond donors (Lipinski definition) is 3. The Balaban J connectivity index is 0.00000144. The molecule has 0 aromatic heterocycles. The summed E-state index contributed by atoms with van der Waals surface area (Å²) < 4.78 is 5.07. The van der Waals surface area contributed by atoms with E-state index in [2.05, 4.69) is 0 Å². The maximum absolute atomic E-state index is 9.92. The second kappa shape index (κ2) is 5.58. The van der Waals surface area contributed by atoms with Crippen LogP contribution in [-0.2, 0) is 0 Å². The number of aromatic hydroxyl groups is 1. The number of hydrogen-bond acceptors (Lipinski definition) is 4. The molecule has 0 unspecified atom stereocenters. The van der Waals surface area contributed by atoms with Gasteiger partial charge in [0.15, 0.2) is 0 Å². The van der Waals surface area contributed by atoms with Gasteiger partial charge >= 0.3 is 0 Å². The minimum Gasteiger partial charge on any atom is -0.508 e. The summed E-state index contributed by atoms with van der Waals surface area (Å²) in [5.74, 6) is 1.01. The van der Waals surface area contributed by atoms with Crippen molar-refractivity contribution in [1.29, 1.82) is 0 Å². The van der Waals surface area contributed by atoms with Crippen LogP contribution in [-0.4, -0.2) is 23.4 Å². The SMILES string of the molecule is COc1ccc(O)c([C@@H](N)[C@@H](O)C2CC2)c1.Cl. The van der Waals surface area contributed by atoms with Crippen LogP contribution in [0, 0.1) is 5.92 Å². The Kier molecular flexibility index (Phi) is 4.62. The highest BCUT2D eigenvalue weighted by atomic mass is 35.5. The minimum absolute atomic E-state index is 0. The molecule has 0 spiro atoms. The number of benzene rings is 1. The van der Waals surface area contributed by atoms with E-state index in [9.17, 15) is 10.2 Å². The van der Waals surface area contributed by atoms with Gasteiger partial charge in [-0.1, -0.05) is 0 Å². The van der Waals surface area contributed by atoms with E-state index in [0.717, 1.165) is 12.8 Å². The standard InChI is InChI=1S/C12H17NO3.ClH/c1-16-8-4-5-10(14)9(6-8)11(13)12(15)7-2-3-7;/h4-7,11-12,14-15H,2-3,13H2,1H3;1H/t11-,12+;/m1./s1. The number of ether oxygens (including phenoxy) is 1. The van der Waals surface area contributed by atoms with Gasteiger partial charge in [0.05, 0.1) is 19.3 Å². The molecule has 96 valence electrons. The number of aliphatic hydroxyl groups excluding tert-OH is 1. The first-order valence-electron chi connectivity index (χ1n) is 5.44. The molecular formula is C12H18ClNO3. The van der Waals surface area contributed by atoms with E-state index in [4.69, 9.17) is 10.5 Å². The molecule has 1 fully saturated rings. The molecule has 0 amide bonds. The van der Waals surface area contributed by atoms with Crippen molar-refractivity contribution in [3.8, 4) is 11.5 Å². The normalized spacial score (nSPS) is 18.1. The Labute approximate surface area is 107 Å². The first-order chi connectivity index (χ1) is 7.63. The summed E-state index contributed by atoms with van der Waals surface area (Å²) in [6.07, 6.45) is 1.44. The Morgan fingerprint density at radius 3 is 2.59 bits per heavy atom. The van der Waals surface area contributed by atoms with Gasteiger partial charge in [-0.3, -0.25) is 0 Å². The van der Waals surface area contributed by atoms with Crippen molar-refractivity contribution in [3.05, 3.63) is 23.8 Å². The van der Waals surface area contributed by atoms with Crippen molar-refractivity contribution in [1.82, 2.24) is 0 Å². The van der Waals surface area contributed by atoms with E-state index in [-0.39, 0.29) is 24.1 Å². The average molecular weight is 260 g/mol. The van der Waals surface area contributed by atoms with E-state index < -0.39 is 12.1 Å². The fraction of sp³-hybridized carbons (Fsp3) is 0.500. The summed E-state index contributed by atoms with van der Waals surface area (Å²) in [6.45, 7) is 0. The third-order valence-corrected chi connectivity index (χ3v) is 3.07. The molecule has 0 heterocycles. The van der Waals surface area contributed by atoms with Crippen LogP contribution in [0.4, 0.5) is 0 Å². The minimum atomic E-state index is -0.585. The highest BCUT2D eigenvalue weighted by Gasteiger charge is 2.35. The van der Waals surface area contributed by atoms with Crippen LogP contribution in [0.1, 0.15) is 24.4 Å². The number of methoxy groups -OCH3 is 1. The Hall–Kier alpha value is -0.970. The van der Waals surface area contributed by atoms with Gasteiger partial charge in [-0.2, -0.15) is 0 Å². The predicted octanol–water partition coefficient (Wildman–Crippen LogP) is 1.59. The van der Waals surface area contributed by atoms with E-state index in [0.29, 0.717) is 11.3 Å². The van der Waals surface area contributed by atoms with Crippen molar-refractivity contribution >= 4 is 12.4 Å². The van der Waals surface area contributed by atoms with Gasteiger partial charge in [0.2, 0.25) is 0 Å². The van der Waals surface area contributed by atoms with Crippen molar-refractivity contribution < 1.29 is 14.9 Å². The molecule has 2 atom stereocenters. The molecule has 0 bridgehead atoms. The van der Waals surface area contributed by atoms with Crippen molar-refractivity contribution in [2.45, 2.75) is 25.0 Å². The number of halogens is 1. The molecule has 4 N–H and O–H groups in total. The summed E-state index contributed by atoms with van der Waals surface area (Å²) in [7, 11) is 1.55. The lowest BCUT2D eigenvalue weighted by Gasteiger charge is -2.20. The van der Waals surface area contributed by atoms with Gasteiger partial charge in [0, 0.05) is 5.56 Å². The highest BCUT2D eigenvalue weighted by Crippen LogP contribution is 2.39. The molecule has 4 nitrogen and oxygen atoms in total. The zero-order chi connectivity index (χ0) is 11.7. The van der Waals surface area contributed by atoms with Gasteiger partial charge in [-0.15, -0.1) is 12.4 Å². The van der Waals surface area contributed by atoms with Crippen molar-refractivity contribution in [3.63, 3.8) is 0 Å². The van der Waals surface area contributed by atoms with Crippen LogP contribution in [0.3, 0.4) is 0 Å². The lowest BCUT2D eigenvalue weighted by molar-refractivity contribution is 0.121. The molecule has 1 aliphatic carbocycles. The fourth-order valence-electron chi connectivity index (χ4n) is 1.84. The van der Waals surface area contributed by atoms with Crippen LogP contribution in [0.2, 0.25) is 0 Å². The van der Waals surface area contributed by atoms with Gasteiger partial charge in [0.25, 0.3) is 0 Å². The smallest absolute Gasteiger partial charge is 0.120 e. The average Bonchev–Trinajstić information content (AvgIpc) is 3.12. The maximum Gasteiger partial charge on any atom is 0.120 e. The fourth-order valence-corrected chi connectivity index (χ4v) is 1.84. The molecule has 0 aliphatic heterocycles. The van der Waals surface area contributed by atoms with E-state index in [1.807, 2.05) is 0 Å². The summed E-state index contributed by atoms with van der Waals surface area (Å²) in [5.41, 5.74) is 6.48. The third-order valence-electron chi connectivity index (χ3n) is 3.07. The summed E-state index contributed by atoms with van der Waals surface area (Å²) in [6, 6.07) is 4.32. The number of phenolic OH excluding ortho intramolecular Hbond substituents is 1. The second-order valence-corrected chi connectivity index (χ2v) is 4.28. The Bertz CT molecular complexity index is 382. The number of nitrogens with two attached hydrogens (primary N) is 1. The van der Waals surface area contributed by atoms with Gasteiger partial charge in [-0.25, -0.2) is 0 Å². The predicted molar refractivity (Wildman–Crippen MR) is 67.6 cm³/mol. The summed E-state index contributed by atoms with van der Waals surface area (Å²) >= 11 is 0. The first kappa shape index (κ1) is 14.1. The zero-order valence-electron chi connectivity index (χ0n) is 9.67. The molecule has 0 saturated heterocycles. The zero-order valence-corrected chi connectivity index (χ0v) is 10.5. The summed E-state index contributed by atoms with van der Waals surface area (Å²) in [4.78, 5) is 0. The molecule has 17 heavy (non-hydrogen) atoms. The molecule has 1 aliphatic rings. The van der Waals surface area contributed by atoms with Crippen molar-refractivity contribution in [2.24, 2.45) is 11.7 Å². The lowest BCUT2D eigenvalue weighted by atomic mass is 9.98. The number of aliphatic hydroxyl groups is 1. The van der Waals surface area contributed by atoms with Crippen molar-refractivity contribution in [2.75, 3.05) is 7.11 Å². The summed E-state index contributed by atoms with van der Waals surface area (Å²) in [5, 5.41) is 19.6. The quantitative estimate of drug-likeness (QED) is 0.768. The van der Waals surface area contributed by atoms with E-state index in [1.54, 1.807) is 19.2 Å². The van der Waals surface area contributed by atoms with Crippen LogP contribution in [0.15, 0.2) is 18.2 Å². The van der Waals surface area contributed by atoms with Crippen LogP contribution in [0.5, 0.6) is 11.5 Å². The van der Waals surface area contributed by atoms with Gasteiger partial charge < -0.3 is 20.7 Å². The molecule has 1 aromatic rings. The number of rotatable bonds is 4. The molecular weight excluding hydrogens is 242 g/mol. The number of phenols is 1. The monoisotopic (exact) mass is 259 g/mol. The molecule has 0 radical (unpaired) electrons. The molecule has 2 rings (SSSR count). The topological polar surface area (TPSA) is 75.7 Å². The van der Waals surface area contributed by atoms with Crippen LogP contribution in [0.25, 0.3) is 0 Å². The molecule has 5 heteroatoms. The van der Waals surface area contributed by atoms with E-state index in [1.165, 1.54) is 6.07 Å². The van der Waals surface area contributed by atoms with Gasteiger partial charge in [0.1, 0.15) is 11.5 Å². The third kappa shape index (κ3) is 3.03. The molecule has 1 aromatic carbocycles. The Morgan fingerprint density at radius 2 is 2.06 bits per heavy atom. The van der Waals surface area contributed by atoms with Crippen LogP contribution < -0.4 is 10.5 Å². The second-order valence-electron chi connectivity index (χ2n) is 4.28. The first-order valence-corrected chi connectivity index (χ1v) is 5.44. The highest BCUT2D eigenvalue weighted by molar-refractivity contribution is 5.85. The maximum atomic E-state index is 9.92. The Morgan fingerprint density at radius 1 is 1.41 bits per heavy atom. The van der Waals surface area contributed by atoms with Crippen LogP contribution >= 0.6 is 12.4 Å². The largest absolute Gasteiger partial charge is 0.508 e. The van der Waals surface area contributed by atoms with Gasteiger partial charge in [-0.05, 0) is 37.0 Å².